The second kappa shape index (κ2) is 12.3. The van der Waals surface area contributed by atoms with Gasteiger partial charge in [0.25, 0.3) is 0 Å². The fraction of sp³-hybridized carbons (Fsp3) is 0.364. The molecule has 1 atom stereocenters. The number of halogens is 2. The van der Waals surface area contributed by atoms with Crippen molar-refractivity contribution in [1.29, 1.82) is 0 Å². The van der Waals surface area contributed by atoms with Crippen LogP contribution in [-0.4, -0.2) is 35.1 Å². The first kappa shape index (κ1) is 23.8. The van der Waals surface area contributed by atoms with Crippen LogP contribution in [0.5, 0.6) is 0 Å². The number of benzene rings is 2. The highest BCUT2D eigenvalue weighted by atomic mass is 79.9. The van der Waals surface area contributed by atoms with Crippen LogP contribution in [-0.2, 0) is 21.9 Å². The van der Waals surface area contributed by atoms with E-state index in [0.717, 1.165) is 27.8 Å². The number of hydrogen-bond acceptors (Lipinski definition) is 3. The molecular formula is C22H26BrClN2O2S. The molecule has 2 aromatic rings. The summed E-state index contributed by atoms with van der Waals surface area (Å²) in [6, 6.07) is 14.9. The van der Waals surface area contributed by atoms with Crippen molar-refractivity contribution in [3.8, 4) is 0 Å². The highest BCUT2D eigenvalue weighted by Gasteiger charge is 2.25. The molecule has 0 unspecified atom stereocenters. The van der Waals surface area contributed by atoms with Gasteiger partial charge in [-0.3, -0.25) is 9.59 Å². The van der Waals surface area contributed by atoms with Gasteiger partial charge in [0.15, 0.2) is 0 Å². The molecule has 0 spiro atoms. The monoisotopic (exact) mass is 496 g/mol. The molecule has 0 saturated carbocycles. The molecule has 1 N–H and O–H groups in total. The molecule has 2 aromatic carbocycles. The average molecular weight is 498 g/mol. The Morgan fingerprint density at radius 1 is 1.10 bits per heavy atom. The number of thioether (sulfide) groups is 1. The van der Waals surface area contributed by atoms with E-state index < -0.39 is 6.04 Å². The van der Waals surface area contributed by atoms with Crippen LogP contribution in [0.1, 0.15) is 31.4 Å². The first-order valence-corrected chi connectivity index (χ1v) is 11.9. The van der Waals surface area contributed by atoms with Crippen LogP contribution in [0.3, 0.4) is 0 Å². The van der Waals surface area contributed by atoms with E-state index in [4.69, 9.17) is 11.6 Å². The van der Waals surface area contributed by atoms with E-state index >= 15 is 0 Å². The van der Waals surface area contributed by atoms with Crippen LogP contribution in [0.25, 0.3) is 0 Å². The van der Waals surface area contributed by atoms with Gasteiger partial charge in [-0.2, -0.15) is 0 Å². The molecule has 0 aliphatic rings. The number of carbonyl (C=O) groups is 2. The Bertz CT molecular complexity index is 799. The molecule has 0 saturated heterocycles. The highest BCUT2D eigenvalue weighted by molar-refractivity contribution is 9.10. The summed E-state index contributed by atoms with van der Waals surface area (Å²) in [6.07, 6.45) is 0.854. The third kappa shape index (κ3) is 8.03. The molecule has 0 aliphatic heterocycles. The standard InChI is InChI=1S/C22H26BrClN2O2S/c1-3-12-25-22(28)16(2)26(13-17-6-10-20(24)11-7-17)21(27)15-29-14-18-4-8-19(23)9-5-18/h4-11,16H,3,12-15H2,1-2H3,(H,25,28)/t16-/m0/s1. The molecule has 0 radical (unpaired) electrons. The smallest absolute Gasteiger partial charge is 0.242 e. The maximum atomic E-state index is 13.0. The normalized spacial score (nSPS) is 11.7. The molecule has 2 amide bonds. The lowest BCUT2D eigenvalue weighted by atomic mass is 10.1. The third-order valence-corrected chi connectivity index (χ3v) is 6.16. The number of amides is 2. The van der Waals surface area contributed by atoms with Crippen LogP contribution in [0.4, 0.5) is 0 Å². The molecular weight excluding hydrogens is 472 g/mol. The van der Waals surface area contributed by atoms with E-state index in [0.29, 0.717) is 23.9 Å². The maximum absolute atomic E-state index is 13.0. The summed E-state index contributed by atoms with van der Waals surface area (Å²) in [5.41, 5.74) is 2.10. The summed E-state index contributed by atoms with van der Waals surface area (Å²) in [5, 5.41) is 3.53. The summed E-state index contributed by atoms with van der Waals surface area (Å²) >= 11 is 10.9. The first-order valence-electron chi connectivity index (χ1n) is 9.54. The molecule has 0 bridgehead atoms. The van der Waals surface area contributed by atoms with Gasteiger partial charge in [0.05, 0.1) is 5.75 Å². The van der Waals surface area contributed by atoms with Crippen LogP contribution < -0.4 is 5.32 Å². The van der Waals surface area contributed by atoms with Gasteiger partial charge in [-0.15, -0.1) is 11.8 Å². The van der Waals surface area contributed by atoms with E-state index in [1.165, 1.54) is 0 Å². The number of hydrogen-bond donors (Lipinski definition) is 1. The Balaban J connectivity index is 2.03. The van der Waals surface area contributed by atoms with Gasteiger partial charge >= 0.3 is 0 Å². The van der Waals surface area contributed by atoms with Crippen molar-refractivity contribution in [3.63, 3.8) is 0 Å². The average Bonchev–Trinajstić information content (AvgIpc) is 2.72. The van der Waals surface area contributed by atoms with Gasteiger partial charge in [0, 0.05) is 28.3 Å². The van der Waals surface area contributed by atoms with Crippen molar-refractivity contribution in [2.75, 3.05) is 12.3 Å². The molecule has 4 nitrogen and oxygen atoms in total. The van der Waals surface area contributed by atoms with Crippen molar-refractivity contribution in [2.45, 2.75) is 38.6 Å². The van der Waals surface area contributed by atoms with Crippen molar-refractivity contribution < 1.29 is 9.59 Å². The number of nitrogens with zero attached hydrogens (tertiary/aromatic N) is 1. The predicted molar refractivity (Wildman–Crippen MR) is 125 cm³/mol. The fourth-order valence-corrected chi connectivity index (χ4v) is 3.95. The molecule has 0 aromatic heterocycles. The van der Waals surface area contributed by atoms with E-state index in [1.807, 2.05) is 43.3 Å². The lowest BCUT2D eigenvalue weighted by molar-refractivity contribution is -0.138. The summed E-state index contributed by atoms with van der Waals surface area (Å²) in [5.74, 6) is 0.868. The predicted octanol–water partition coefficient (Wildman–Crippen LogP) is 5.28. The fourth-order valence-electron chi connectivity index (χ4n) is 2.68. The SMILES string of the molecule is CCCNC(=O)[C@H](C)N(Cc1ccc(Cl)cc1)C(=O)CSCc1ccc(Br)cc1. The van der Waals surface area contributed by atoms with Gasteiger partial charge in [-0.05, 0) is 48.7 Å². The topological polar surface area (TPSA) is 49.4 Å². The molecule has 0 aliphatic carbocycles. The van der Waals surface area contributed by atoms with Crippen LogP contribution in [0.2, 0.25) is 5.02 Å². The van der Waals surface area contributed by atoms with E-state index in [2.05, 4.69) is 21.2 Å². The lowest BCUT2D eigenvalue weighted by Gasteiger charge is -2.28. The largest absolute Gasteiger partial charge is 0.354 e. The highest BCUT2D eigenvalue weighted by Crippen LogP contribution is 2.18. The second-order valence-corrected chi connectivity index (χ2v) is 9.07. The van der Waals surface area contributed by atoms with Gasteiger partial charge < -0.3 is 10.2 Å². The molecule has 0 fully saturated rings. The minimum Gasteiger partial charge on any atom is -0.354 e. The Morgan fingerprint density at radius 2 is 1.72 bits per heavy atom. The van der Waals surface area contributed by atoms with Crippen LogP contribution in [0.15, 0.2) is 53.0 Å². The number of carbonyl (C=O) groups excluding carboxylic acids is 2. The zero-order chi connectivity index (χ0) is 21.2. The van der Waals surface area contributed by atoms with Gasteiger partial charge in [-0.25, -0.2) is 0 Å². The maximum Gasteiger partial charge on any atom is 0.242 e. The quantitative estimate of drug-likeness (QED) is 0.486. The van der Waals surface area contributed by atoms with Crippen LogP contribution in [0, 0.1) is 0 Å². The zero-order valence-electron chi connectivity index (χ0n) is 16.7. The minimum absolute atomic E-state index is 0.0544. The minimum atomic E-state index is -0.544. The third-order valence-electron chi connectivity index (χ3n) is 4.39. The van der Waals surface area contributed by atoms with Crippen molar-refractivity contribution in [3.05, 3.63) is 69.2 Å². The summed E-state index contributed by atoms with van der Waals surface area (Å²) < 4.78 is 1.03. The Morgan fingerprint density at radius 3 is 2.34 bits per heavy atom. The van der Waals surface area contributed by atoms with Crippen molar-refractivity contribution >= 4 is 51.1 Å². The molecule has 2 rings (SSSR count). The molecule has 29 heavy (non-hydrogen) atoms. The first-order chi connectivity index (χ1) is 13.9. The van der Waals surface area contributed by atoms with Crippen molar-refractivity contribution in [2.24, 2.45) is 0 Å². The molecule has 156 valence electrons. The Labute approximate surface area is 190 Å². The Kier molecular flexibility index (Phi) is 10.0. The zero-order valence-corrected chi connectivity index (χ0v) is 19.8. The van der Waals surface area contributed by atoms with Gasteiger partial charge in [0.1, 0.15) is 6.04 Å². The van der Waals surface area contributed by atoms with E-state index in [1.54, 1.807) is 35.7 Å². The number of rotatable bonds is 10. The van der Waals surface area contributed by atoms with E-state index in [9.17, 15) is 9.59 Å². The summed E-state index contributed by atoms with van der Waals surface area (Å²) in [4.78, 5) is 27.1. The van der Waals surface area contributed by atoms with Gasteiger partial charge in [0.2, 0.25) is 11.8 Å². The Hall–Kier alpha value is -1.50. The van der Waals surface area contributed by atoms with Crippen molar-refractivity contribution in [1.82, 2.24) is 10.2 Å². The van der Waals surface area contributed by atoms with E-state index in [-0.39, 0.29) is 11.8 Å². The molecule has 7 heteroatoms. The second-order valence-electron chi connectivity index (χ2n) is 6.73. The summed E-state index contributed by atoms with van der Waals surface area (Å²) in [7, 11) is 0. The molecule has 0 heterocycles. The van der Waals surface area contributed by atoms with Gasteiger partial charge in [-0.1, -0.05) is 58.7 Å². The van der Waals surface area contributed by atoms with Crippen LogP contribution >= 0.6 is 39.3 Å². The lowest BCUT2D eigenvalue weighted by Crippen LogP contribution is -2.48. The summed E-state index contributed by atoms with van der Waals surface area (Å²) in [6.45, 7) is 4.75. The number of nitrogens with one attached hydrogen (secondary N) is 1.